The van der Waals surface area contributed by atoms with Crippen LogP contribution in [0.4, 0.5) is 28.0 Å². The van der Waals surface area contributed by atoms with Gasteiger partial charge in [0, 0.05) is 31.2 Å². The first-order chi connectivity index (χ1) is 20.6. The number of hydrogen-bond acceptors (Lipinski definition) is 6. The van der Waals surface area contributed by atoms with Crippen molar-refractivity contribution in [3.8, 4) is 0 Å². The smallest absolute Gasteiger partial charge is 0.411 e. The lowest BCUT2D eigenvalue weighted by Crippen LogP contribution is -2.60. The number of piperidine rings is 1. The number of nitrogens with one attached hydrogen (secondary N) is 2. The van der Waals surface area contributed by atoms with Gasteiger partial charge in [-0.05, 0) is 56.0 Å². The van der Waals surface area contributed by atoms with E-state index in [9.17, 15) is 36.7 Å². The Kier molecular flexibility index (Phi) is 8.88. The van der Waals surface area contributed by atoms with Crippen molar-refractivity contribution >= 4 is 40.3 Å². The molecule has 5 amide bonds. The maximum absolute atomic E-state index is 14.5. The van der Waals surface area contributed by atoms with Crippen LogP contribution in [0.2, 0.25) is 0 Å². The van der Waals surface area contributed by atoms with Crippen LogP contribution < -0.4 is 10.2 Å². The maximum atomic E-state index is 14.5. The summed E-state index contributed by atoms with van der Waals surface area (Å²) in [4.78, 5) is 57.0. The van der Waals surface area contributed by atoms with Crippen LogP contribution in [0.1, 0.15) is 33.6 Å². The van der Waals surface area contributed by atoms with Crippen LogP contribution in [0.15, 0.2) is 60.3 Å². The van der Waals surface area contributed by atoms with E-state index in [1.54, 1.807) is 38.2 Å². The molecule has 1 unspecified atom stereocenters. The number of likely N-dealkylation sites (N-methyl/N-ethyl adjacent to an activating group) is 1. The van der Waals surface area contributed by atoms with Gasteiger partial charge in [-0.15, -0.1) is 13.2 Å². The molecule has 0 saturated carbocycles. The third-order valence-electron chi connectivity index (χ3n) is 7.72. The van der Waals surface area contributed by atoms with Crippen LogP contribution in [0.25, 0.3) is 10.9 Å². The number of aromatic nitrogens is 2. The van der Waals surface area contributed by atoms with E-state index in [0.29, 0.717) is 17.8 Å². The number of rotatable bonds is 8. The molecule has 2 aliphatic rings. The summed E-state index contributed by atoms with van der Waals surface area (Å²) in [5, 5.41) is 10.1. The van der Waals surface area contributed by atoms with Gasteiger partial charge in [-0.3, -0.25) is 29.3 Å². The third-order valence-corrected chi connectivity index (χ3v) is 7.72. The quantitative estimate of drug-likeness (QED) is 0.149. The minimum Gasteiger partial charge on any atom is -0.411 e. The number of alkyl halides is 3. The van der Waals surface area contributed by atoms with Crippen molar-refractivity contribution in [3.63, 3.8) is 0 Å². The number of halogens is 4. The van der Waals surface area contributed by atoms with E-state index in [4.69, 9.17) is 0 Å². The zero-order valence-corrected chi connectivity index (χ0v) is 24.5. The molecule has 4 rings (SSSR count). The van der Waals surface area contributed by atoms with Crippen molar-refractivity contribution in [1.29, 1.82) is 0 Å². The summed E-state index contributed by atoms with van der Waals surface area (Å²) in [7, 11) is 1.41. The standard InChI is InChI=1S/C29H32F4N6O5/c1-16(2)23(35-24(40)18(4)21(30)8-6-17(3)44-29(31,32)33)25(41)38-12-10-28(11-13-38)26(42)37(5)27(43)39(28)20-7-9-22-19(14-20)15-34-36-22/h6-9,14-16,23H,4,10-13H2,1-3,5H3,(H,34,36)(H,35,40). The van der Waals surface area contributed by atoms with Crippen LogP contribution in [-0.4, -0.2) is 81.8 Å². The number of carbonyl (C=O) groups excluding carboxylic acids is 4. The van der Waals surface area contributed by atoms with Gasteiger partial charge in [0.2, 0.25) is 5.91 Å². The number of amides is 5. The topological polar surface area (TPSA) is 128 Å². The molecule has 44 heavy (non-hydrogen) atoms. The van der Waals surface area contributed by atoms with Gasteiger partial charge in [-0.1, -0.05) is 20.4 Å². The summed E-state index contributed by atoms with van der Waals surface area (Å²) < 4.78 is 55.1. The number of imide groups is 1. The van der Waals surface area contributed by atoms with Crippen LogP contribution in [0.5, 0.6) is 0 Å². The lowest BCUT2D eigenvalue weighted by Gasteiger charge is -2.43. The number of hydrogen-bond donors (Lipinski definition) is 2. The van der Waals surface area contributed by atoms with Crippen LogP contribution in [0.3, 0.4) is 0 Å². The fourth-order valence-electron chi connectivity index (χ4n) is 5.34. The summed E-state index contributed by atoms with van der Waals surface area (Å²) >= 11 is 0. The number of anilines is 1. The lowest BCUT2D eigenvalue weighted by molar-refractivity contribution is -0.305. The highest BCUT2D eigenvalue weighted by atomic mass is 19.4. The average molecular weight is 621 g/mol. The van der Waals surface area contributed by atoms with Crippen molar-refractivity contribution in [3.05, 3.63) is 60.3 Å². The average Bonchev–Trinajstić information content (AvgIpc) is 3.50. The number of fused-ring (bicyclic) bond motifs is 1. The third kappa shape index (κ3) is 6.31. The molecule has 3 heterocycles. The highest BCUT2D eigenvalue weighted by molar-refractivity contribution is 6.17. The molecule has 0 bridgehead atoms. The van der Waals surface area contributed by atoms with Gasteiger partial charge in [0.1, 0.15) is 23.2 Å². The van der Waals surface area contributed by atoms with Crippen molar-refractivity contribution in [2.75, 3.05) is 25.0 Å². The maximum Gasteiger partial charge on any atom is 0.572 e. The van der Waals surface area contributed by atoms with E-state index in [1.807, 2.05) is 0 Å². The lowest BCUT2D eigenvalue weighted by atomic mass is 9.85. The number of benzene rings is 1. The van der Waals surface area contributed by atoms with E-state index in [0.717, 1.165) is 22.7 Å². The van der Waals surface area contributed by atoms with E-state index < -0.39 is 58.9 Å². The molecular formula is C29H32F4N6O5. The molecule has 15 heteroatoms. The van der Waals surface area contributed by atoms with Gasteiger partial charge in [-0.25, -0.2) is 9.18 Å². The second-order valence-corrected chi connectivity index (χ2v) is 11.0. The van der Waals surface area contributed by atoms with Crippen molar-refractivity contribution < 1.29 is 41.5 Å². The monoisotopic (exact) mass is 620 g/mol. The molecule has 1 atom stereocenters. The van der Waals surface area contributed by atoms with Gasteiger partial charge in [0.15, 0.2) is 0 Å². The number of likely N-dealkylation sites (tertiary alicyclic amines) is 1. The second-order valence-electron chi connectivity index (χ2n) is 11.0. The molecule has 1 spiro atoms. The number of allylic oxidation sites excluding steroid dienone is 3. The minimum absolute atomic E-state index is 0.0910. The first-order valence-electron chi connectivity index (χ1n) is 13.7. The molecule has 236 valence electrons. The molecule has 2 aliphatic heterocycles. The van der Waals surface area contributed by atoms with Crippen LogP contribution in [0, 0.1) is 5.92 Å². The highest BCUT2D eigenvalue weighted by Gasteiger charge is 2.58. The molecule has 2 fully saturated rings. The van der Waals surface area contributed by atoms with Gasteiger partial charge < -0.3 is 15.0 Å². The van der Waals surface area contributed by atoms with Crippen LogP contribution in [-0.2, 0) is 19.1 Å². The predicted molar refractivity (Wildman–Crippen MR) is 151 cm³/mol. The van der Waals surface area contributed by atoms with E-state index >= 15 is 0 Å². The summed E-state index contributed by atoms with van der Waals surface area (Å²) in [6.07, 6.45) is -1.79. The molecule has 0 aliphatic carbocycles. The Morgan fingerprint density at radius 3 is 2.45 bits per heavy atom. The van der Waals surface area contributed by atoms with E-state index in [2.05, 4.69) is 26.8 Å². The van der Waals surface area contributed by atoms with Crippen molar-refractivity contribution in [2.45, 2.75) is 51.6 Å². The van der Waals surface area contributed by atoms with Gasteiger partial charge in [0.05, 0.1) is 17.3 Å². The first kappa shape index (κ1) is 32.2. The molecular weight excluding hydrogens is 588 g/mol. The summed E-state index contributed by atoms with van der Waals surface area (Å²) in [5.74, 6) is -4.22. The fraction of sp³-hybridized carbons (Fsp3) is 0.414. The van der Waals surface area contributed by atoms with E-state index in [1.165, 1.54) is 16.8 Å². The highest BCUT2D eigenvalue weighted by Crippen LogP contribution is 2.41. The largest absolute Gasteiger partial charge is 0.572 e. The molecule has 11 nitrogen and oxygen atoms in total. The number of ether oxygens (including phenoxy) is 1. The van der Waals surface area contributed by atoms with E-state index in [-0.39, 0.29) is 31.8 Å². The summed E-state index contributed by atoms with van der Waals surface area (Å²) in [5.41, 5.74) is -0.644. The zero-order valence-electron chi connectivity index (χ0n) is 24.5. The van der Waals surface area contributed by atoms with Crippen LogP contribution >= 0.6 is 0 Å². The number of urea groups is 1. The summed E-state index contributed by atoms with van der Waals surface area (Å²) in [6, 6.07) is 3.64. The SMILES string of the molecule is C=C(C(=O)NC(C(=O)N1CCC2(CC1)C(=O)N(C)C(=O)N2c1ccc2[nH]ncc2c1)C(C)C)C(F)=CC=C(C)OC(F)(F)F. The number of H-pyrrole nitrogens is 1. The molecule has 0 radical (unpaired) electrons. The normalized spacial score (nSPS) is 18.4. The molecule has 1 aromatic heterocycles. The summed E-state index contributed by atoms with van der Waals surface area (Å²) in [6.45, 7) is 7.84. The Morgan fingerprint density at radius 2 is 1.84 bits per heavy atom. The number of carbonyl (C=O) groups is 4. The van der Waals surface area contributed by atoms with Crippen molar-refractivity contribution in [2.24, 2.45) is 5.92 Å². The Morgan fingerprint density at radius 1 is 1.18 bits per heavy atom. The Labute approximate surface area is 250 Å². The second kappa shape index (κ2) is 12.1. The first-order valence-corrected chi connectivity index (χ1v) is 13.7. The Hall–Kier alpha value is -4.69. The number of aromatic amines is 1. The Balaban J connectivity index is 1.47. The fourth-order valence-corrected chi connectivity index (χ4v) is 5.34. The van der Waals surface area contributed by atoms with Gasteiger partial charge in [-0.2, -0.15) is 5.10 Å². The molecule has 2 aromatic rings. The minimum atomic E-state index is -4.96. The van der Waals surface area contributed by atoms with Gasteiger partial charge in [0.25, 0.3) is 11.8 Å². The zero-order chi connectivity index (χ0) is 32.6. The molecule has 2 N–H and O–H groups in total. The predicted octanol–water partition coefficient (Wildman–Crippen LogP) is 4.31. The number of nitrogens with zero attached hydrogens (tertiary/aromatic N) is 4. The van der Waals surface area contributed by atoms with Crippen molar-refractivity contribution in [1.82, 2.24) is 25.3 Å². The molecule has 1 aromatic carbocycles. The molecule has 2 saturated heterocycles. The van der Waals surface area contributed by atoms with Gasteiger partial charge >= 0.3 is 12.4 Å². The Bertz CT molecular complexity index is 1550.